The number of benzene rings is 2. The van der Waals surface area contributed by atoms with Crippen molar-refractivity contribution in [1.29, 1.82) is 5.26 Å². The lowest BCUT2D eigenvalue weighted by Crippen LogP contribution is -2.53. The van der Waals surface area contributed by atoms with Gasteiger partial charge in [0.1, 0.15) is 41.6 Å². The molecule has 0 bridgehead atoms. The number of nitrogens with zero attached hydrogens (tertiary/aromatic N) is 5. The lowest BCUT2D eigenvalue weighted by Gasteiger charge is -2.36. The first-order valence-corrected chi connectivity index (χ1v) is 14.2. The molecule has 2 fully saturated rings. The third kappa shape index (κ3) is 7.11. The molecule has 3 amide bonds. The van der Waals surface area contributed by atoms with Crippen LogP contribution in [0.15, 0.2) is 54.7 Å². The maximum Gasteiger partial charge on any atom is 0.259 e. The minimum Gasteiger partial charge on any atom is -0.383 e. The highest BCUT2D eigenvalue weighted by Gasteiger charge is 2.49. The molecule has 46 heavy (non-hydrogen) atoms. The number of aliphatic hydroxyl groups is 1. The van der Waals surface area contributed by atoms with E-state index < -0.39 is 90.4 Å². The smallest absolute Gasteiger partial charge is 0.259 e. The Bertz CT molecular complexity index is 1660. The van der Waals surface area contributed by atoms with Gasteiger partial charge in [-0.05, 0) is 37.1 Å². The monoisotopic (exact) mass is 660 g/mol. The summed E-state index contributed by atoms with van der Waals surface area (Å²) in [6.07, 6.45) is -2.19. The fraction of sp³-hybridized carbons (Fsp3) is 0.355. The average molecular weight is 661 g/mol. The van der Waals surface area contributed by atoms with E-state index in [9.17, 15) is 42.3 Å². The molecule has 1 aliphatic carbocycles. The Balaban J connectivity index is 0.00000480. The largest absolute Gasteiger partial charge is 0.383 e. The summed E-state index contributed by atoms with van der Waals surface area (Å²) >= 11 is 6.49. The summed E-state index contributed by atoms with van der Waals surface area (Å²) in [6, 6.07) is 7.00. The van der Waals surface area contributed by atoms with Crippen LogP contribution in [0.5, 0.6) is 0 Å². The molecule has 1 aliphatic heterocycles. The first kappa shape index (κ1) is 34.3. The molecule has 2 aliphatic rings. The standard InChI is InChI=1S/C30H25ClF4N6O4.CH4/c31-22-4-2-1-3-21(22)25(26(43)38-18-5-8-30(34,35)9-6-18)40(20-12-16(32)11-17(33)13-20)27(44)23-14-24(42)28(45)41(23)29-37-10-7-19(15-36)39-29;/h1-4,7,10-13,18,23-25,42H,5-6,8-9,14H2,(H,38,43);1H4/t23-,24+,25+;/m0./s1. The van der Waals surface area contributed by atoms with Crippen LogP contribution < -0.4 is 15.1 Å². The molecule has 0 spiro atoms. The Hall–Kier alpha value is -4.61. The number of halogens is 5. The molecule has 0 radical (unpaired) electrons. The van der Waals surface area contributed by atoms with Crippen molar-refractivity contribution in [3.63, 3.8) is 0 Å². The Morgan fingerprint density at radius 3 is 2.41 bits per heavy atom. The van der Waals surface area contributed by atoms with E-state index in [1.54, 1.807) is 12.1 Å². The third-order valence-electron chi connectivity index (χ3n) is 7.67. The van der Waals surface area contributed by atoms with Crippen LogP contribution in [0.3, 0.4) is 0 Å². The van der Waals surface area contributed by atoms with Crippen LogP contribution in [-0.4, -0.2) is 56.9 Å². The van der Waals surface area contributed by atoms with Crippen molar-refractivity contribution < 1.29 is 37.1 Å². The van der Waals surface area contributed by atoms with E-state index in [1.807, 2.05) is 0 Å². The molecule has 5 rings (SSSR count). The van der Waals surface area contributed by atoms with Crippen LogP contribution >= 0.6 is 11.6 Å². The summed E-state index contributed by atoms with van der Waals surface area (Å²) in [5.41, 5.74) is -0.570. The molecule has 2 heterocycles. The maximum atomic E-state index is 14.6. The van der Waals surface area contributed by atoms with E-state index in [0.29, 0.717) is 6.07 Å². The number of nitriles is 1. The first-order valence-electron chi connectivity index (χ1n) is 13.8. The predicted molar refractivity (Wildman–Crippen MR) is 159 cm³/mol. The first-order chi connectivity index (χ1) is 21.4. The number of aliphatic hydroxyl groups excluding tert-OH is 1. The van der Waals surface area contributed by atoms with Crippen molar-refractivity contribution in [3.8, 4) is 6.07 Å². The number of rotatable bonds is 7. The van der Waals surface area contributed by atoms with Gasteiger partial charge in [-0.1, -0.05) is 37.2 Å². The molecule has 3 atom stereocenters. The van der Waals surface area contributed by atoms with Crippen molar-refractivity contribution in [2.75, 3.05) is 9.80 Å². The van der Waals surface area contributed by atoms with Gasteiger partial charge in [0.2, 0.25) is 17.8 Å². The van der Waals surface area contributed by atoms with E-state index in [2.05, 4.69) is 15.3 Å². The summed E-state index contributed by atoms with van der Waals surface area (Å²) < 4.78 is 57.0. The molecular formula is C31H29ClF4N6O4. The molecule has 242 valence electrons. The van der Waals surface area contributed by atoms with Crippen molar-refractivity contribution >= 4 is 41.0 Å². The van der Waals surface area contributed by atoms with Gasteiger partial charge < -0.3 is 10.4 Å². The number of nitrogens with one attached hydrogen (secondary N) is 1. The zero-order valence-electron chi connectivity index (χ0n) is 23.3. The number of anilines is 2. The predicted octanol–water partition coefficient (Wildman–Crippen LogP) is 4.85. The number of carbonyl (C=O) groups is 3. The number of carbonyl (C=O) groups excluding carboxylic acids is 3. The van der Waals surface area contributed by atoms with Crippen LogP contribution in [0.25, 0.3) is 0 Å². The number of alkyl halides is 2. The van der Waals surface area contributed by atoms with Crippen molar-refractivity contribution in [2.45, 2.75) is 69.7 Å². The fourth-order valence-corrected chi connectivity index (χ4v) is 5.75. The molecule has 0 unspecified atom stereocenters. The van der Waals surface area contributed by atoms with E-state index >= 15 is 0 Å². The number of amides is 3. The Morgan fingerprint density at radius 1 is 1.13 bits per heavy atom. The van der Waals surface area contributed by atoms with Gasteiger partial charge in [-0.15, -0.1) is 0 Å². The van der Waals surface area contributed by atoms with Crippen molar-refractivity contribution in [2.24, 2.45) is 0 Å². The van der Waals surface area contributed by atoms with Gasteiger partial charge in [0.05, 0.1) is 5.69 Å². The Labute approximate surface area is 266 Å². The Morgan fingerprint density at radius 2 is 1.78 bits per heavy atom. The molecule has 2 aromatic carbocycles. The van der Waals surface area contributed by atoms with Gasteiger partial charge in [0.15, 0.2) is 0 Å². The highest BCUT2D eigenvalue weighted by molar-refractivity contribution is 6.31. The zero-order valence-corrected chi connectivity index (χ0v) is 24.1. The summed E-state index contributed by atoms with van der Waals surface area (Å²) in [6.45, 7) is 0. The lowest BCUT2D eigenvalue weighted by atomic mass is 9.91. The lowest BCUT2D eigenvalue weighted by molar-refractivity contribution is -0.128. The van der Waals surface area contributed by atoms with Gasteiger partial charge in [-0.25, -0.2) is 27.5 Å². The van der Waals surface area contributed by atoms with E-state index in [1.165, 1.54) is 24.3 Å². The average Bonchev–Trinajstić information content (AvgIpc) is 3.30. The second-order valence-electron chi connectivity index (χ2n) is 10.7. The normalized spacial score (nSPS) is 19.9. The fourth-order valence-electron chi connectivity index (χ4n) is 5.51. The van der Waals surface area contributed by atoms with Crippen molar-refractivity contribution in [1.82, 2.24) is 15.3 Å². The molecule has 1 saturated heterocycles. The summed E-state index contributed by atoms with van der Waals surface area (Å²) in [5, 5.41) is 22.5. The second kappa shape index (κ2) is 13.8. The molecule has 1 saturated carbocycles. The van der Waals surface area contributed by atoms with Gasteiger partial charge in [0.25, 0.3) is 11.8 Å². The SMILES string of the molecule is C.N#Cc1ccnc(N2C(=O)[C@H](O)C[C@H]2C(=O)N(c2cc(F)cc(F)c2)[C@@H](C(=O)NC2CCC(F)(F)CC2)c2ccccc2Cl)n1. The maximum absolute atomic E-state index is 14.6. The van der Waals surface area contributed by atoms with E-state index in [-0.39, 0.29) is 36.5 Å². The Kier molecular flexibility index (Phi) is 10.3. The molecule has 15 heteroatoms. The third-order valence-corrected chi connectivity index (χ3v) is 8.02. The van der Waals surface area contributed by atoms with Crippen LogP contribution in [-0.2, 0) is 14.4 Å². The van der Waals surface area contributed by atoms with Crippen LogP contribution in [0.4, 0.5) is 29.2 Å². The minimum absolute atomic E-state index is 0. The van der Waals surface area contributed by atoms with Gasteiger partial charge in [-0.2, -0.15) is 5.26 Å². The van der Waals surface area contributed by atoms with E-state index in [4.69, 9.17) is 11.6 Å². The highest BCUT2D eigenvalue weighted by atomic mass is 35.5. The van der Waals surface area contributed by atoms with Crippen LogP contribution in [0, 0.1) is 23.0 Å². The molecular weight excluding hydrogens is 632 g/mol. The second-order valence-corrected chi connectivity index (χ2v) is 11.1. The minimum atomic E-state index is -2.89. The summed E-state index contributed by atoms with van der Waals surface area (Å²) in [7, 11) is 0. The molecule has 1 aromatic heterocycles. The quantitative estimate of drug-likeness (QED) is 0.346. The highest BCUT2D eigenvalue weighted by Crippen LogP contribution is 2.38. The topological polar surface area (TPSA) is 140 Å². The number of hydrogen-bond acceptors (Lipinski definition) is 7. The van der Waals surface area contributed by atoms with E-state index in [0.717, 1.165) is 28.1 Å². The number of hydrogen-bond donors (Lipinski definition) is 2. The summed E-state index contributed by atoms with van der Waals surface area (Å²) in [5.74, 6) is -8.45. The molecule has 10 nitrogen and oxygen atoms in total. The van der Waals surface area contributed by atoms with Crippen LogP contribution in [0.1, 0.15) is 56.8 Å². The molecule has 2 N–H and O–H groups in total. The zero-order chi connectivity index (χ0) is 32.5. The van der Waals surface area contributed by atoms with Crippen molar-refractivity contribution in [3.05, 3.63) is 82.6 Å². The summed E-state index contributed by atoms with van der Waals surface area (Å²) in [4.78, 5) is 51.1. The van der Waals surface area contributed by atoms with Gasteiger partial charge in [-0.3, -0.25) is 24.2 Å². The van der Waals surface area contributed by atoms with Crippen LogP contribution in [0.2, 0.25) is 5.02 Å². The number of aromatic nitrogens is 2. The van der Waals surface area contributed by atoms with Gasteiger partial charge >= 0.3 is 0 Å². The van der Waals surface area contributed by atoms with Gasteiger partial charge in [0, 0.05) is 48.2 Å². The molecule has 3 aromatic rings.